The Labute approximate surface area is 83.0 Å². The van der Waals surface area contributed by atoms with Crippen molar-refractivity contribution in [1.29, 1.82) is 0 Å². The Bertz CT molecular complexity index is 390. The summed E-state index contributed by atoms with van der Waals surface area (Å²) in [6.07, 6.45) is 4.52. The van der Waals surface area contributed by atoms with Gasteiger partial charge in [-0.2, -0.15) is 5.10 Å². The maximum absolute atomic E-state index is 5.65. The SMILES string of the molecule is Clc1cncc(Sc2ncn[nH]2)n1. The number of halogens is 1. The van der Waals surface area contributed by atoms with E-state index in [1.807, 2.05) is 0 Å². The van der Waals surface area contributed by atoms with Crippen molar-refractivity contribution in [1.82, 2.24) is 25.1 Å². The predicted octanol–water partition coefficient (Wildman–Crippen LogP) is 1.40. The lowest BCUT2D eigenvalue weighted by Gasteiger charge is -1.94. The molecule has 2 rings (SSSR count). The minimum Gasteiger partial charge on any atom is -0.259 e. The first kappa shape index (κ1) is 8.46. The van der Waals surface area contributed by atoms with E-state index in [-0.39, 0.29) is 0 Å². The highest BCUT2D eigenvalue weighted by atomic mass is 35.5. The van der Waals surface area contributed by atoms with Crippen LogP contribution in [-0.2, 0) is 0 Å². The lowest BCUT2D eigenvalue weighted by molar-refractivity contribution is 0.962. The van der Waals surface area contributed by atoms with E-state index in [1.54, 1.807) is 6.20 Å². The van der Waals surface area contributed by atoms with E-state index in [2.05, 4.69) is 25.1 Å². The van der Waals surface area contributed by atoms with E-state index in [0.717, 1.165) is 0 Å². The molecule has 2 aromatic heterocycles. The van der Waals surface area contributed by atoms with Crippen molar-refractivity contribution in [3.05, 3.63) is 23.9 Å². The maximum Gasteiger partial charge on any atom is 0.189 e. The molecule has 0 amide bonds. The highest BCUT2D eigenvalue weighted by Crippen LogP contribution is 2.21. The Morgan fingerprint density at radius 1 is 1.38 bits per heavy atom. The zero-order valence-electron chi connectivity index (χ0n) is 6.31. The Morgan fingerprint density at radius 2 is 2.31 bits per heavy atom. The molecule has 0 unspecified atom stereocenters. The summed E-state index contributed by atoms with van der Waals surface area (Å²) >= 11 is 6.97. The van der Waals surface area contributed by atoms with Crippen molar-refractivity contribution in [2.24, 2.45) is 0 Å². The third-order valence-electron chi connectivity index (χ3n) is 1.18. The van der Waals surface area contributed by atoms with E-state index in [0.29, 0.717) is 15.3 Å². The highest BCUT2D eigenvalue weighted by molar-refractivity contribution is 7.99. The fraction of sp³-hybridized carbons (Fsp3) is 0. The van der Waals surface area contributed by atoms with Gasteiger partial charge in [0, 0.05) is 0 Å². The third-order valence-corrected chi connectivity index (χ3v) is 2.16. The van der Waals surface area contributed by atoms with Gasteiger partial charge in [-0.1, -0.05) is 11.6 Å². The number of nitrogens with one attached hydrogen (secondary N) is 1. The molecule has 0 aliphatic heterocycles. The van der Waals surface area contributed by atoms with Crippen LogP contribution in [0, 0.1) is 0 Å². The highest BCUT2D eigenvalue weighted by Gasteiger charge is 2.01. The molecule has 0 fully saturated rings. The van der Waals surface area contributed by atoms with Crippen LogP contribution in [0.1, 0.15) is 0 Å². The first-order chi connectivity index (χ1) is 6.34. The summed E-state index contributed by atoms with van der Waals surface area (Å²) in [5.41, 5.74) is 0. The van der Waals surface area contributed by atoms with Crippen LogP contribution < -0.4 is 0 Å². The molecule has 0 saturated heterocycles. The van der Waals surface area contributed by atoms with E-state index in [4.69, 9.17) is 11.6 Å². The van der Waals surface area contributed by atoms with Gasteiger partial charge in [0.2, 0.25) is 0 Å². The van der Waals surface area contributed by atoms with Gasteiger partial charge in [-0.05, 0) is 11.8 Å². The lowest BCUT2D eigenvalue weighted by Crippen LogP contribution is -1.84. The lowest BCUT2D eigenvalue weighted by atomic mass is 10.8. The maximum atomic E-state index is 5.65. The number of hydrogen-bond donors (Lipinski definition) is 1. The summed E-state index contributed by atoms with van der Waals surface area (Å²) in [4.78, 5) is 11.8. The third kappa shape index (κ3) is 2.16. The Balaban J connectivity index is 2.19. The summed E-state index contributed by atoms with van der Waals surface area (Å²) in [6, 6.07) is 0. The molecule has 5 nitrogen and oxygen atoms in total. The Morgan fingerprint density at radius 3 is 3.00 bits per heavy atom. The van der Waals surface area contributed by atoms with Crippen LogP contribution in [0.25, 0.3) is 0 Å². The van der Waals surface area contributed by atoms with Gasteiger partial charge >= 0.3 is 0 Å². The van der Waals surface area contributed by atoms with Gasteiger partial charge in [-0.3, -0.25) is 10.1 Å². The smallest absolute Gasteiger partial charge is 0.189 e. The van der Waals surface area contributed by atoms with Gasteiger partial charge in [0.05, 0.1) is 12.4 Å². The molecule has 0 aliphatic rings. The quantitative estimate of drug-likeness (QED) is 0.817. The molecule has 0 saturated carbocycles. The first-order valence-corrected chi connectivity index (χ1v) is 4.55. The molecule has 0 spiro atoms. The second-order valence-electron chi connectivity index (χ2n) is 2.07. The number of rotatable bonds is 2. The molecule has 0 radical (unpaired) electrons. The molecular weight excluding hydrogens is 210 g/mol. The molecule has 7 heteroatoms. The van der Waals surface area contributed by atoms with Gasteiger partial charge in [0.25, 0.3) is 0 Å². The van der Waals surface area contributed by atoms with Crippen molar-refractivity contribution in [3.63, 3.8) is 0 Å². The molecule has 0 atom stereocenters. The fourth-order valence-corrected chi connectivity index (χ4v) is 1.57. The van der Waals surface area contributed by atoms with Crippen LogP contribution in [0.15, 0.2) is 28.9 Å². The van der Waals surface area contributed by atoms with Gasteiger partial charge in [-0.25, -0.2) is 9.97 Å². The summed E-state index contributed by atoms with van der Waals surface area (Å²) in [5.74, 6) is 0. The predicted molar refractivity (Wildman–Crippen MR) is 47.5 cm³/mol. The molecule has 2 heterocycles. The van der Waals surface area contributed by atoms with E-state index >= 15 is 0 Å². The summed E-state index contributed by atoms with van der Waals surface area (Å²) in [6.45, 7) is 0. The number of aromatic nitrogens is 5. The molecule has 1 N–H and O–H groups in total. The van der Waals surface area contributed by atoms with Crippen LogP contribution >= 0.6 is 23.4 Å². The second-order valence-corrected chi connectivity index (χ2v) is 3.47. The standard InChI is InChI=1S/C6H4ClN5S/c7-4-1-8-2-5(11-4)13-6-9-3-10-12-6/h1-3H,(H,9,10,12). The van der Waals surface area contributed by atoms with Crippen molar-refractivity contribution >= 4 is 23.4 Å². The average molecular weight is 214 g/mol. The number of H-pyrrole nitrogens is 1. The minimum absolute atomic E-state index is 0.365. The van der Waals surface area contributed by atoms with E-state index in [1.165, 1.54) is 24.3 Å². The summed E-state index contributed by atoms with van der Waals surface area (Å²) in [7, 11) is 0. The largest absolute Gasteiger partial charge is 0.259 e. The first-order valence-electron chi connectivity index (χ1n) is 3.35. The topological polar surface area (TPSA) is 67.3 Å². The van der Waals surface area contributed by atoms with E-state index < -0.39 is 0 Å². The van der Waals surface area contributed by atoms with Crippen LogP contribution in [0.2, 0.25) is 5.15 Å². The zero-order valence-corrected chi connectivity index (χ0v) is 7.88. The van der Waals surface area contributed by atoms with E-state index in [9.17, 15) is 0 Å². The molecule has 66 valence electrons. The van der Waals surface area contributed by atoms with Crippen molar-refractivity contribution < 1.29 is 0 Å². The normalized spacial score (nSPS) is 10.2. The second kappa shape index (κ2) is 3.71. The van der Waals surface area contributed by atoms with Gasteiger partial charge in [0.15, 0.2) is 5.16 Å². The van der Waals surface area contributed by atoms with Crippen LogP contribution in [-0.4, -0.2) is 25.1 Å². The van der Waals surface area contributed by atoms with Gasteiger partial charge in [0.1, 0.15) is 16.5 Å². The summed E-state index contributed by atoms with van der Waals surface area (Å²) in [5, 5.41) is 8.11. The minimum atomic E-state index is 0.365. The Hall–Kier alpha value is -1.14. The molecule has 0 bridgehead atoms. The van der Waals surface area contributed by atoms with Crippen molar-refractivity contribution in [2.45, 2.75) is 10.2 Å². The van der Waals surface area contributed by atoms with Gasteiger partial charge in [-0.15, -0.1) is 0 Å². The number of hydrogen-bond acceptors (Lipinski definition) is 5. The average Bonchev–Trinajstić information content (AvgIpc) is 2.57. The zero-order chi connectivity index (χ0) is 9.10. The van der Waals surface area contributed by atoms with Crippen LogP contribution in [0.4, 0.5) is 0 Å². The van der Waals surface area contributed by atoms with Crippen LogP contribution in [0.3, 0.4) is 0 Å². The van der Waals surface area contributed by atoms with Crippen molar-refractivity contribution in [2.75, 3.05) is 0 Å². The Kier molecular flexibility index (Phi) is 2.42. The fourth-order valence-electron chi connectivity index (χ4n) is 0.717. The number of aromatic amines is 1. The molecule has 0 aromatic carbocycles. The van der Waals surface area contributed by atoms with Crippen molar-refractivity contribution in [3.8, 4) is 0 Å². The molecule has 2 aromatic rings. The van der Waals surface area contributed by atoms with Gasteiger partial charge < -0.3 is 0 Å². The molecule has 0 aliphatic carbocycles. The molecule has 13 heavy (non-hydrogen) atoms. The van der Waals surface area contributed by atoms with Crippen LogP contribution in [0.5, 0.6) is 0 Å². The number of nitrogens with zero attached hydrogens (tertiary/aromatic N) is 4. The summed E-state index contributed by atoms with van der Waals surface area (Å²) < 4.78 is 0. The monoisotopic (exact) mass is 213 g/mol. The molecular formula is C6H4ClN5S.